The third kappa shape index (κ3) is 2.75. The minimum absolute atomic E-state index is 0.419. The van der Waals surface area contributed by atoms with Crippen LogP contribution >= 0.6 is 0 Å². The van der Waals surface area contributed by atoms with Gasteiger partial charge in [-0.05, 0) is 6.92 Å². The summed E-state index contributed by atoms with van der Waals surface area (Å²) in [4.78, 5) is 10.5. The van der Waals surface area contributed by atoms with Crippen molar-refractivity contribution in [1.29, 1.82) is 0 Å². The van der Waals surface area contributed by atoms with E-state index in [0.29, 0.717) is 5.95 Å². The zero-order chi connectivity index (χ0) is 13.1. The summed E-state index contributed by atoms with van der Waals surface area (Å²) in [6.07, 6.45) is 3.82. The second-order valence-corrected chi connectivity index (χ2v) is 4.21. The molecule has 0 radical (unpaired) electrons. The molecule has 0 fully saturated rings. The van der Waals surface area contributed by atoms with Crippen LogP contribution in [0, 0.1) is 6.92 Å². The van der Waals surface area contributed by atoms with E-state index in [4.69, 9.17) is 5.84 Å². The predicted octanol–water partition coefficient (Wildman–Crippen LogP) is 0.441. The van der Waals surface area contributed by atoms with E-state index in [0.717, 1.165) is 23.6 Å². The average Bonchev–Trinajstić information content (AvgIpc) is 2.73. The van der Waals surface area contributed by atoms with Crippen molar-refractivity contribution in [2.24, 2.45) is 12.9 Å². The number of anilines is 2. The number of nitrogen functional groups attached to an aromatic ring is 1. The minimum Gasteiger partial charge on any atom is -0.355 e. The van der Waals surface area contributed by atoms with Gasteiger partial charge in [0.2, 0.25) is 5.95 Å². The Bertz CT molecular complexity index is 534. The maximum Gasteiger partial charge on any atom is 0.239 e. The molecule has 0 amide bonds. The van der Waals surface area contributed by atoms with Crippen molar-refractivity contribution in [1.82, 2.24) is 19.7 Å². The normalized spacial score (nSPS) is 10.4. The first-order chi connectivity index (χ1) is 8.58. The fraction of sp³-hybridized carbons (Fsp3) is 0.364. The lowest BCUT2D eigenvalue weighted by Gasteiger charge is -2.18. The van der Waals surface area contributed by atoms with Crippen LogP contribution < -0.4 is 16.2 Å². The number of hydrogen-bond donors (Lipinski definition) is 2. The molecule has 0 saturated heterocycles. The molecule has 7 heteroatoms. The summed E-state index contributed by atoms with van der Waals surface area (Å²) in [5.41, 5.74) is 4.46. The lowest BCUT2D eigenvalue weighted by molar-refractivity contribution is 0.766. The van der Waals surface area contributed by atoms with E-state index in [2.05, 4.69) is 20.5 Å². The number of hydrazine groups is 1. The number of nitrogens with zero attached hydrogens (tertiary/aromatic N) is 5. The van der Waals surface area contributed by atoms with Gasteiger partial charge in [0.15, 0.2) is 0 Å². The van der Waals surface area contributed by atoms with Crippen molar-refractivity contribution in [2.45, 2.75) is 13.5 Å². The molecule has 0 aliphatic heterocycles. The van der Waals surface area contributed by atoms with Gasteiger partial charge in [0, 0.05) is 44.2 Å². The first-order valence-electron chi connectivity index (χ1n) is 5.59. The van der Waals surface area contributed by atoms with Gasteiger partial charge in [0.25, 0.3) is 0 Å². The van der Waals surface area contributed by atoms with Gasteiger partial charge >= 0.3 is 0 Å². The van der Waals surface area contributed by atoms with E-state index in [9.17, 15) is 0 Å². The lowest BCUT2D eigenvalue weighted by Crippen LogP contribution is -2.19. The number of hydrogen-bond acceptors (Lipinski definition) is 6. The summed E-state index contributed by atoms with van der Waals surface area (Å²) in [5.74, 6) is 6.58. The van der Waals surface area contributed by atoms with Crippen LogP contribution in [0.4, 0.5) is 11.8 Å². The van der Waals surface area contributed by atoms with Crippen molar-refractivity contribution >= 4 is 11.8 Å². The zero-order valence-corrected chi connectivity index (χ0v) is 10.8. The molecule has 0 unspecified atom stereocenters. The van der Waals surface area contributed by atoms with Crippen molar-refractivity contribution in [3.8, 4) is 0 Å². The van der Waals surface area contributed by atoms with E-state index in [-0.39, 0.29) is 0 Å². The van der Waals surface area contributed by atoms with Gasteiger partial charge in [-0.25, -0.2) is 10.8 Å². The molecule has 2 rings (SSSR count). The van der Waals surface area contributed by atoms with E-state index in [1.54, 1.807) is 4.68 Å². The largest absolute Gasteiger partial charge is 0.355 e. The Morgan fingerprint density at radius 2 is 2.22 bits per heavy atom. The number of nitrogens with one attached hydrogen (secondary N) is 1. The SMILES string of the molecule is Cc1cc(N(C)Cc2cnn(C)c2)nc(NN)n1. The molecule has 2 aromatic rings. The van der Waals surface area contributed by atoms with Gasteiger partial charge < -0.3 is 4.90 Å². The number of aromatic nitrogens is 4. The lowest BCUT2D eigenvalue weighted by atomic mass is 10.3. The molecule has 2 aromatic heterocycles. The third-order valence-corrected chi connectivity index (χ3v) is 2.54. The highest BCUT2D eigenvalue weighted by Crippen LogP contribution is 2.15. The first-order valence-corrected chi connectivity index (χ1v) is 5.59. The van der Waals surface area contributed by atoms with Gasteiger partial charge in [-0.15, -0.1) is 0 Å². The molecule has 0 aliphatic carbocycles. The van der Waals surface area contributed by atoms with Crippen LogP contribution in [0.5, 0.6) is 0 Å². The molecule has 96 valence electrons. The Morgan fingerprint density at radius 1 is 1.44 bits per heavy atom. The maximum absolute atomic E-state index is 5.34. The molecule has 0 aromatic carbocycles. The molecule has 0 bridgehead atoms. The second-order valence-electron chi connectivity index (χ2n) is 4.21. The van der Waals surface area contributed by atoms with Crippen molar-refractivity contribution in [3.05, 3.63) is 29.7 Å². The topological polar surface area (TPSA) is 84.9 Å². The summed E-state index contributed by atoms with van der Waals surface area (Å²) in [6, 6.07) is 1.91. The minimum atomic E-state index is 0.419. The fourth-order valence-electron chi connectivity index (χ4n) is 1.72. The Morgan fingerprint density at radius 3 is 2.83 bits per heavy atom. The highest BCUT2D eigenvalue weighted by Gasteiger charge is 2.07. The van der Waals surface area contributed by atoms with Crippen LogP contribution in [0.1, 0.15) is 11.3 Å². The first kappa shape index (κ1) is 12.3. The van der Waals surface area contributed by atoms with Crippen LogP contribution in [0.25, 0.3) is 0 Å². The highest BCUT2D eigenvalue weighted by atomic mass is 15.3. The van der Waals surface area contributed by atoms with E-state index >= 15 is 0 Å². The number of nitrogens with two attached hydrogens (primary N) is 1. The summed E-state index contributed by atoms with van der Waals surface area (Å²) < 4.78 is 1.78. The standard InChI is InChI=1S/C11H17N7/c1-8-4-10(15-11(14-8)16-12)17(2)6-9-5-13-18(3)7-9/h4-5,7H,6,12H2,1-3H3,(H,14,15,16). The second kappa shape index (κ2) is 5.01. The maximum atomic E-state index is 5.34. The number of rotatable bonds is 4. The molecule has 0 aliphatic rings. The summed E-state index contributed by atoms with van der Waals surface area (Å²) >= 11 is 0. The molecular weight excluding hydrogens is 230 g/mol. The van der Waals surface area contributed by atoms with Crippen LogP contribution in [0.15, 0.2) is 18.5 Å². The average molecular weight is 247 g/mol. The van der Waals surface area contributed by atoms with Crippen LogP contribution in [0.2, 0.25) is 0 Å². The van der Waals surface area contributed by atoms with Crippen molar-refractivity contribution in [2.75, 3.05) is 17.4 Å². The molecule has 2 heterocycles. The number of aryl methyl sites for hydroxylation is 2. The summed E-state index contributed by atoms with van der Waals surface area (Å²) in [6.45, 7) is 2.64. The van der Waals surface area contributed by atoms with Crippen molar-refractivity contribution in [3.63, 3.8) is 0 Å². The molecule has 0 atom stereocenters. The van der Waals surface area contributed by atoms with Crippen LogP contribution in [0.3, 0.4) is 0 Å². The molecule has 0 saturated carbocycles. The predicted molar refractivity (Wildman–Crippen MR) is 69.9 cm³/mol. The van der Waals surface area contributed by atoms with Crippen LogP contribution in [-0.2, 0) is 13.6 Å². The van der Waals surface area contributed by atoms with Gasteiger partial charge in [-0.3, -0.25) is 10.1 Å². The monoisotopic (exact) mass is 247 g/mol. The highest BCUT2D eigenvalue weighted by molar-refractivity contribution is 5.44. The molecular formula is C11H17N7. The smallest absolute Gasteiger partial charge is 0.239 e. The molecule has 3 N–H and O–H groups in total. The molecule has 7 nitrogen and oxygen atoms in total. The van der Waals surface area contributed by atoms with E-state index < -0.39 is 0 Å². The molecule has 0 spiro atoms. The van der Waals surface area contributed by atoms with E-state index in [1.807, 2.05) is 44.4 Å². The quantitative estimate of drug-likeness (QED) is 0.602. The zero-order valence-electron chi connectivity index (χ0n) is 10.8. The summed E-state index contributed by atoms with van der Waals surface area (Å²) in [5, 5.41) is 4.14. The summed E-state index contributed by atoms with van der Waals surface area (Å²) in [7, 11) is 3.86. The van der Waals surface area contributed by atoms with Crippen LogP contribution in [-0.4, -0.2) is 26.8 Å². The Labute approximate surface area is 106 Å². The Kier molecular flexibility index (Phi) is 3.42. The Hall–Kier alpha value is -2.15. The van der Waals surface area contributed by atoms with Crippen molar-refractivity contribution < 1.29 is 0 Å². The van der Waals surface area contributed by atoms with Gasteiger partial charge in [-0.2, -0.15) is 10.1 Å². The van der Waals surface area contributed by atoms with E-state index in [1.165, 1.54) is 0 Å². The fourth-order valence-corrected chi connectivity index (χ4v) is 1.72. The van der Waals surface area contributed by atoms with Gasteiger partial charge in [0.05, 0.1) is 6.20 Å². The molecule has 18 heavy (non-hydrogen) atoms. The van der Waals surface area contributed by atoms with Gasteiger partial charge in [-0.1, -0.05) is 0 Å². The van der Waals surface area contributed by atoms with Gasteiger partial charge in [0.1, 0.15) is 5.82 Å². The third-order valence-electron chi connectivity index (χ3n) is 2.54. The Balaban J connectivity index is 2.17.